The van der Waals surface area contributed by atoms with E-state index in [1.807, 2.05) is 53.4 Å². The predicted molar refractivity (Wildman–Crippen MR) is 109 cm³/mol. The molecule has 28 heavy (non-hydrogen) atoms. The van der Waals surface area contributed by atoms with Gasteiger partial charge in [0.05, 0.1) is 17.9 Å². The number of thiophene rings is 1. The number of fused-ring (bicyclic) bond motifs is 1. The van der Waals surface area contributed by atoms with Crippen LogP contribution in [0.25, 0.3) is 5.69 Å². The van der Waals surface area contributed by atoms with Gasteiger partial charge >= 0.3 is 0 Å². The highest BCUT2D eigenvalue weighted by Crippen LogP contribution is 2.38. The summed E-state index contributed by atoms with van der Waals surface area (Å²) in [5.41, 5.74) is 3.53. The van der Waals surface area contributed by atoms with E-state index in [-0.39, 0.29) is 11.9 Å². The summed E-state index contributed by atoms with van der Waals surface area (Å²) in [6.45, 7) is 0.671. The van der Waals surface area contributed by atoms with Crippen LogP contribution < -0.4 is 0 Å². The Balaban J connectivity index is 1.51. The topological polar surface area (TPSA) is 51.0 Å². The number of aromatic nitrogens is 3. The normalized spacial score (nSPS) is 16.0. The van der Waals surface area contributed by atoms with Gasteiger partial charge in [0.15, 0.2) is 5.69 Å². The highest BCUT2D eigenvalue weighted by Gasteiger charge is 2.34. The van der Waals surface area contributed by atoms with Crippen molar-refractivity contribution in [2.24, 2.45) is 0 Å². The van der Waals surface area contributed by atoms with Gasteiger partial charge in [-0.05, 0) is 41.1 Å². The third-order valence-corrected chi connectivity index (χ3v) is 6.04. The summed E-state index contributed by atoms with van der Waals surface area (Å²) in [5.74, 6) is -0.0899. The van der Waals surface area contributed by atoms with Gasteiger partial charge in [0, 0.05) is 11.4 Å². The molecule has 1 aliphatic rings. The molecule has 3 heterocycles. The van der Waals surface area contributed by atoms with Gasteiger partial charge in [0.25, 0.3) is 5.91 Å². The minimum atomic E-state index is -0.0921. The molecule has 0 bridgehead atoms. The standard InChI is InChI=1S/C22H18N4OS/c27-22(19-15-23-26(24-19)17-9-5-2-6-10-17)25-13-11-20-18(12-14-28-20)21(25)16-7-3-1-4-8-16/h1-10,12,14-15,21H,11,13H2. The third-order valence-electron chi connectivity index (χ3n) is 5.04. The molecule has 1 unspecified atom stereocenters. The van der Waals surface area contributed by atoms with E-state index < -0.39 is 0 Å². The molecule has 0 radical (unpaired) electrons. The Hall–Kier alpha value is -3.25. The zero-order valence-corrected chi connectivity index (χ0v) is 15.9. The molecular formula is C22H18N4OS. The number of para-hydroxylation sites is 1. The van der Waals surface area contributed by atoms with Crippen LogP contribution in [0, 0.1) is 0 Å². The molecular weight excluding hydrogens is 368 g/mol. The quantitative estimate of drug-likeness (QED) is 0.532. The maximum atomic E-state index is 13.4. The molecule has 0 N–H and O–H groups in total. The Morgan fingerprint density at radius 3 is 2.54 bits per heavy atom. The molecule has 5 rings (SSSR count). The molecule has 2 aromatic carbocycles. The predicted octanol–water partition coefficient (Wildman–Crippen LogP) is 4.12. The molecule has 1 amide bonds. The maximum Gasteiger partial charge on any atom is 0.276 e. The van der Waals surface area contributed by atoms with Gasteiger partial charge in [-0.3, -0.25) is 4.79 Å². The lowest BCUT2D eigenvalue weighted by Crippen LogP contribution is -2.40. The van der Waals surface area contributed by atoms with Crippen LogP contribution in [-0.2, 0) is 6.42 Å². The average Bonchev–Trinajstić information content (AvgIpc) is 3.43. The fourth-order valence-corrected chi connectivity index (χ4v) is 4.63. The summed E-state index contributed by atoms with van der Waals surface area (Å²) >= 11 is 1.76. The van der Waals surface area contributed by atoms with Gasteiger partial charge in [0.1, 0.15) is 0 Å². The second kappa shape index (κ2) is 7.05. The molecule has 4 aromatic rings. The van der Waals surface area contributed by atoms with E-state index in [1.54, 1.807) is 17.5 Å². The van der Waals surface area contributed by atoms with E-state index in [4.69, 9.17) is 0 Å². The van der Waals surface area contributed by atoms with Gasteiger partial charge < -0.3 is 4.90 Å². The van der Waals surface area contributed by atoms with Crippen LogP contribution in [0.15, 0.2) is 78.3 Å². The average molecular weight is 386 g/mol. The summed E-state index contributed by atoms with van der Waals surface area (Å²) in [4.78, 5) is 18.2. The summed E-state index contributed by atoms with van der Waals surface area (Å²) in [6, 6.07) is 21.9. The first-order valence-corrected chi connectivity index (χ1v) is 10.1. The van der Waals surface area contributed by atoms with Crippen molar-refractivity contribution in [3.8, 4) is 5.69 Å². The molecule has 0 saturated heterocycles. The molecule has 0 spiro atoms. The molecule has 1 aliphatic heterocycles. The van der Waals surface area contributed by atoms with E-state index in [2.05, 4.69) is 33.8 Å². The minimum absolute atomic E-state index is 0.0899. The molecule has 138 valence electrons. The Labute approximate surface area is 166 Å². The Morgan fingerprint density at radius 2 is 1.75 bits per heavy atom. The van der Waals surface area contributed by atoms with Crippen molar-refractivity contribution >= 4 is 17.2 Å². The van der Waals surface area contributed by atoms with Crippen molar-refractivity contribution in [3.63, 3.8) is 0 Å². The number of benzene rings is 2. The van der Waals surface area contributed by atoms with Crippen molar-refractivity contribution in [1.82, 2.24) is 19.9 Å². The van der Waals surface area contributed by atoms with E-state index in [1.165, 1.54) is 15.2 Å². The second-order valence-corrected chi connectivity index (χ2v) is 7.72. The number of rotatable bonds is 3. The number of carbonyl (C=O) groups excluding carboxylic acids is 1. The van der Waals surface area contributed by atoms with Gasteiger partial charge in [0.2, 0.25) is 0 Å². The molecule has 0 fully saturated rings. The van der Waals surface area contributed by atoms with Crippen molar-refractivity contribution in [1.29, 1.82) is 0 Å². The van der Waals surface area contributed by atoms with Crippen LogP contribution in [0.5, 0.6) is 0 Å². The lowest BCUT2D eigenvalue weighted by molar-refractivity contribution is 0.0689. The number of amides is 1. The van der Waals surface area contributed by atoms with Crippen LogP contribution in [0.4, 0.5) is 0 Å². The first kappa shape index (κ1) is 16.9. The van der Waals surface area contributed by atoms with Gasteiger partial charge in [-0.25, -0.2) is 0 Å². The van der Waals surface area contributed by atoms with E-state index in [0.717, 1.165) is 17.7 Å². The van der Waals surface area contributed by atoms with Crippen LogP contribution in [0.2, 0.25) is 0 Å². The molecule has 1 atom stereocenters. The number of hydrogen-bond acceptors (Lipinski definition) is 4. The Morgan fingerprint density at radius 1 is 1.00 bits per heavy atom. The van der Waals surface area contributed by atoms with Crippen LogP contribution >= 0.6 is 11.3 Å². The number of carbonyl (C=O) groups is 1. The second-order valence-electron chi connectivity index (χ2n) is 6.72. The largest absolute Gasteiger partial charge is 0.326 e. The fraction of sp³-hybridized carbons (Fsp3) is 0.136. The van der Waals surface area contributed by atoms with Gasteiger partial charge in [-0.1, -0.05) is 48.5 Å². The maximum absolute atomic E-state index is 13.4. The van der Waals surface area contributed by atoms with E-state index in [9.17, 15) is 4.79 Å². The van der Waals surface area contributed by atoms with Crippen molar-refractivity contribution in [2.75, 3.05) is 6.54 Å². The van der Waals surface area contributed by atoms with Crippen LogP contribution in [-0.4, -0.2) is 32.3 Å². The third kappa shape index (κ3) is 2.92. The highest BCUT2D eigenvalue weighted by molar-refractivity contribution is 7.10. The monoisotopic (exact) mass is 386 g/mol. The summed E-state index contributed by atoms with van der Waals surface area (Å²) in [6.07, 6.45) is 2.43. The molecule has 2 aromatic heterocycles. The van der Waals surface area contributed by atoms with Crippen LogP contribution in [0.1, 0.15) is 32.5 Å². The number of hydrogen-bond donors (Lipinski definition) is 0. The lowest BCUT2D eigenvalue weighted by atomic mass is 9.93. The summed E-state index contributed by atoms with van der Waals surface area (Å²) in [5, 5.41) is 10.9. The van der Waals surface area contributed by atoms with Gasteiger partial charge in [-0.15, -0.1) is 16.4 Å². The number of nitrogens with zero attached hydrogens (tertiary/aromatic N) is 4. The van der Waals surface area contributed by atoms with Crippen molar-refractivity contribution < 1.29 is 4.79 Å². The van der Waals surface area contributed by atoms with Crippen LogP contribution in [0.3, 0.4) is 0 Å². The van der Waals surface area contributed by atoms with E-state index in [0.29, 0.717) is 12.2 Å². The zero-order valence-electron chi connectivity index (χ0n) is 15.1. The highest BCUT2D eigenvalue weighted by atomic mass is 32.1. The SMILES string of the molecule is O=C(c1cnn(-c2ccccc2)n1)N1CCc2sccc2C1c1ccccc1. The smallest absolute Gasteiger partial charge is 0.276 e. The first-order chi connectivity index (χ1) is 13.8. The molecule has 0 aliphatic carbocycles. The zero-order chi connectivity index (χ0) is 18.9. The minimum Gasteiger partial charge on any atom is -0.326 e. The lowest BCUT2D eigenvalue weighted by Gasteiger charge is -2.35. The Kier molecular flexibility index (Phi) is 4.25. The Bertz CT molecular complexity index is 1100. The summed E-state index contributed by atoms with van der Waals surface area (Å²) < 4.78 is 0. The fourth-order valence-electron chi connectivity index (χ4n) is 3.72. The molecule has 5 nitrogen and oxygen atoms in total. The van der Waals surface area contributed by atoms with Gasteiger partial charge in [-0.2, -0.15) is 9.90 Å². The summed E-state index contributed by atoms with van der Waals surface area (Å²) in [7, 11) is 0. The molecule has 6 heteroatoms. The molecule has 0 saturated carbocycles. The van der Waals surface area contributed by atoms with Crippen molar-refractivity contribution in [2.45, 2.75) is 12.5 Å². The van der Waals surface area contributed by atoms with Crippen molar-refractivity contribution in [3.05, 3.63) is 100 Å². The first-order valence-electron chi connectivity index (χ1n) is 9.21. The van der Waals surface area contributed by atoms with E-state index >= 15 is 0 Å².